The van der Waals surface area contributed by atoms with Crippen LogP contribution in [0.25, 0.3) is 0 Å². The molecule has 0 bridgehead atoms. The van der Waals surface area contributed by atoms with Crippen molar-refractivity contribution in [2.75, 3.05) is 46.3 Å². The van der Waals surface area contributed by atoms with Crippen LogP contribution < -0.4 is 11.5 Å². The molecule has 2 aliphatic heterocycles. The second-order valence-electron chi connectivity index (χ2n) is 7.30. The maximum absolute atomic E-state index is 6.37. The lowest BCUT2D eigenvalue weighted by atomic mass is 10.0. The lowest BCUT2D eigenvalue weighted by molar-refractivity contribution is 0.255. The first-order valence-corrected chi connectivity index (χ1v) is 7.52. The van der Waals surface area contributed by atoms with Gasteiger partial charge in [0.05, 0.1) is 0 Å². The van der Waals surface area contributed by atoms with Crippen molar-refractivity contribution in [2.24, 2.45) is 40.6 Å². The number of rotatable bonds is 3. The molecule has 6 atom stereocenters. The zero-order chi connectivity index (χ0) is 12.5. The fourth-order valence-corrected chi connectivity index (χ4v) is 5.06. The summed E-state index contributed by atoms with van der Waals surface area (Å²) >= 11 is 0. The maximum Gasteiger partial charge on any atom is 0.0159 e. The van der Waals surface area contributed by atoms with Crippen LogP contribution in [0.15, 0.2) is 0 Å². The molecule has 4 nitrogen and oxygen atoms in total. The van der Waals surface area contributed by atoms with E-state index in [1.807, 2.05) is 0 Å². The van der Waals surface area contributed by atoms with Crippen LogP contribution in [0.5, 0.6) is 0 Å². The summed E-state index contributed by atoms with van der Waals surface area (Å²) in [5, 5.41) is 0. The minimum absolute atomic E-state index is 0.463. The standard InChI is InChI=1S/C14H26N4/c1-17-3-2-14(8-17)12(13(14)16)7-18-5-10-9(4-15)11(10)6-18/h9-13H,2-8,15-16H2,1H3/t9?,10-,11+,12?,13-,14-/m0/s1. The Balaban J connectivity index is 1.33. The molecular weight excluding hydrogens is 224 g/mol. The molecule has 102 valence electrons. The minimum atomic E-state index is 0.463. The molecule has 4 heteroatoms. The monoisotopic (exact) mass is 250 g/mol. The molecule has 2 heterocycles. The van der Waals surface area contributed by atoms with Gasteiger partial charge in [0.15, 0.2) is 0 Å². The molecule has 2 unspecified atom stereocenters. The molecule has 0 aromatic heterocycles. The van der Waals surface area contributed by atoms with Gasteiger partial charge in [0.2, 0.25) is 0 Å². The number of hydrogen-bond donors (Lipinski definition) is 2. The highest BCUT2D eigenvalue weighted by molar-refractivity contribution is 5.19. The quantitative estimate of drug-likeness (QED) is 0.702. The van der Waals surface area contributed by atoms with Gasteiger partial charge in [-0.15, -0.1) is 0 Å². The van der Waals surface area contributed by atoms with E-state index in [1.54, 1.807) is 0 Å². The topological polar surface area (TPSA) is 58.5 Å². The lowest BCUT2D eigenvalue weighted by Crippen LogP contribution is -2.30. The Morgan fingerprint density at radius 3 is 2.56 bits per heavy atom. The number of piperidine rings is 1. The first kappa shape index (κ1) is 11.6. The van der Waals surface area contributed by atoms with E-state index in [2.05, 4.69) is 16.8 Å². The normalized spacial score (nSPS) is 55.2. The van der Waals surface area contributed by atoms with Crippen LogP contribution >= 0.6 is 0 Å². The van der Waals surface area contributed by atoms with Crippen LogP contribution in [0.4, 0.5) is 0 Å². The van der Waals surface area contributed by atoms with E-state index in [-0.39, 0.29) is 0 Å². The Kier molecular flexibility index (Phi) is 2.39. The molecule has 4 rings (SSSR count). The summed E-state index contributed by atoms with van der Waals surface area (Å²) in [6.07, 6.45) is 1.32. The van der Waals surface area contributed by atoms with Gasteiger partial charge in [-0.3, -0.25) is 0 Å². The van der Waals surface area contributed by atoms with Gasteiger partial charge in [-0.05, 0) is 50.2 Å². The van der Waals surface area contributed by atoms with Gasteiger partial charge in [0, 0.05) is 37.6 Å². The van der Waals surface area contributed by atoms with Crippen LogP contribution in [0, 0.1) is 29.1 Å². The molecule has 0 amide bonds. The van der Waals surface area contributed by atoms with Crippen molar-refractivity contribution >= 4 is 0 Å². The highest BCUT2D eigenvalue weighted by Crippen LogP contribution is 2.58. The summed E-state index contributed by atoms with van der Waals surface area (Å²) < 4.78 is 0. The molecule has 4 fully saturated rings. The highest BCUT2D eigenvalue weighted by atomic mass is 15.2. The lowest BCUT2D eigenvalue weighted by Gasteiger charge is -2.20. The summed E-state index contributed by atoms with van der Waals surface area (Å²) in [6, 6.07) is 0.463. The van der Waals surface area contributed by atoms with E-state index < -0.39 is 0 Å². The summed E-state index contributed by atoms with van der Waals surface area (Å²) in [4.78, 5) is 5.12. The van der Waals surface area contributed by atoms with Gasteiger partial charge in [-0.2, -0.15) is 0 Å². The molecule has 0 aromatic rings. The number of nitrogens with zero attached hydrogens (tertiary/aromatic N) is 2. The molecule has 2 saturated heterocycles. The van der Waals surface area contributed by atoms with Crippen LogP contribution in [0.1, 0.15) is 6.42 Å². The van der Waals surface area contributed by atoms with E-state index in [0.29, 0.717) is 11.5 Å². The van der Waals surface area contributed by atoms with Crippen molar-refractivity contribution in [2.45, 2.75) is 12.5 Å². The maximum atomic E-state index is 6.37. The van der Waals surface area contributed by atoms with E-state index >= 15 is 0 Å². The van der Waals surface area contributed by atoms with Gasteiger partial charge in [0.25, 0.3) is 0 Å². The third-order valence-corrected chi connectivity index (χ3v) is 6.42. The first-order chi connectivity index (χ1) is 8.65. The number of nitrogens with two attached hydrogens (primary N) is 2. The van der Waals surface area contributed by atoms with Crippen molar-refractivity contribution < 1.29 is 0 Å². The molecule has 18 heavy (non-hydrogen) atoms. The van der Waals surface area contributed by atoms with Crippen molar-refractivity contribution in [1.29, 1.82) is 0 Å². The smallest absolute Gasteiger partial charge is 0.0159 e. The van der Waals surface area contributed by atoms with Crippen molar-refractivity contribution in [3.8, 4) is 0 Å². The summed E-state index contributed by atoms with van der Waals surface area (Å²) in [6.45, 7) is 7.21. The molecule has 1 spiro atoms. The zero-order valence-corrected chi connectivity index (χ0v) is 11.4. The fraction of sp³-hybridized carbons (Fsp3) is 1.00. The van der Waals surface area contributed by atoms with Gasteiger partial charge in [-0.1, -0.05) is 0 Å². The Hall–Kier alpha value is -0.160. The SMILES string of the molecule is CN1CC[C@]2(C1)C(CN1C[C@@H]3C(CN)[C@@H]3C1)[C@@H]2N. The molecule has 4 N–H and O–H groups in total. The Labute approximate surface area is 110 Å². The zero-order valence-electron chi connectivity index (χ0n) is 11.4. The van der Waals surface area contributed by atoms with Gasteiger partial charge in [-0.25, -0.2) is 0 Å². The summed E-state index contributed by atoms with van der Waals surface area (Å²) in [5.41, 5.74) is 12.6. The Morgan fingerprint density at radius 2 is 2.00 bits per heavy atom. The summed E-state index contributed by atoms with van der Waals surface area (Å²) in [5.74, 6) is 3.45. The molecule has 2 aliphatic carbocycles. The van der Waals surface area contributed by atoms with Crippen LogP contribution in [0.2, 0.25) is 0 Å². The average molecular weight is 250 g/mol. The van der Waals surface area contributed by atoms with Crippen molar-refractivity contribution in [1.82, 2.24) is 9.80 Å². The van der Waals surface area contributed by atoms with Gasteiger partial charge >= 0.3 is 0 Å². The average Bonchev–Trinajstić information content (AvgIpc) is 2.95. The van der Waals surface area contributed by atoms with Gasteiger partial charge < -0.3 is 21.3 Å². The first-order valence-electron chi connectivity index (χ1n) is 7.52. The number of fused-ring (bicyclic) bond motifs is 1. The predicted octanol–water partition coefficient (Wildman–Crippen LogP) is -0.598. The molecule has 0 aromatic carbocycles. The fourth-order valence-electron chi connectivity index (χ4n) is 5.06. The molecular formula is C14H26N4. The molecule has 2 saturated carbocycles. The summed E-state index contributed by atoms with van der Waals surface area (Å²) in [7, 11) is 2.23. The van der Waals surface area contributed by atoms with Gasteiger partial charge in [0.1, 0.15) is 0 Å². The molecule has 4 aliphatic rings. The Bertz CT molecular complexity index is 348. The number of likely N-dealkylation sites (tertiary alicyclic amines) is 2. The second-order valence-corrected chi connectivity index (χ2v) is 7.30. The van der Waals surface area contributed by atoms with Crippen molar-refractivity contribution in [3.63, 3.8) is 0 Å². The van der Waals surface area contributed by atoms with E-state index in [0.717, 1.165) is 30.2 Å². The highest BCUT2D eigenvalue weighted by Gasteiger charge is 2.65. The van der Waals surface area contributed by atoms with E-state index in [1.165, 1.54) is 39.1 Å². The van der Waals surface area contributed by atoms with Crippen LogP contribution in [-0.4, -0.2) is 62.2 Å². The predicted molar refractivity (Wildman–Crippen MR) is 72.0 cm³/mol. The van der Waals surface area contributed by atoms with Crippen molar-refractivity contribution in [3.05, 3.63) is 0 Å². The van der Waals surface area contributed by atoms with E-state index in [4.69, 9.17) is 11.5 Å². The van der Waals surface area contributed by atoms with Crippen LogP contribution in [0.3, 0.4) is 0 Å². The third kappa shape index (κ3) is 1.46. The number of hydrogen-bond acceptors (Lipinski definition) is 4. The third-order valence-electron chi connectivity index (χ3n) is 6.42. The van der Waals surface area contributed by atoms with Crippen LogP contribution in [-0.2, 0) is 0 Å². The minimum Gasteiger partial charge on any atom is -0.330 e. The second kappa shape index (κ2) is 3.69. The largest absolute Gasteiger partial charge is 0.330 e. The Morgan fingerprint density at radius 1 is 1.28 bits per heavy atom. The van der Waals surface area contributed by atoms with E-state index in [9.17, 15) is 0 Å². The molecule has 0 radical (unpaired) electrons.